The maximum Gasteiger partial charge on any atom is 0.329 e. The van der Waals surface area contributed by atoms with E-state index in [1.165, 1.54) is 25.1 Å². The summed E-state index contributed by atoms with van der Waals surface area (Å²) in [5.74, 6) is -2.06. The van der Waals surface area contributed by atoms with Gasteiger partial charge in [-0.2, -0.15) is 0 Å². The van der Waals surface area contributed by atoms with Crippen LogP contribution >= 0.6 is 22.6 Å². The first-order valence-electron chi connectivity index (χ1n) is 5.31. The molecule has 0 fully saturated rings. The van der Waals surface area contributed by atoms with Crippen molar-refractivity contribution in [3.05, 3.63) is 33.1 Å². The first-order chi connectivity index (χ1) is 8.30. The van der Waals surface area contributed by atoms with Crippen LogP contribution in [0.5, 0.6) is 0 Å². The van der Waals surface area contributed by atoms with Gasteiger partial charge in [0.05, 0.1) is 5.56 Å². The fourth-order valence-corrected chi connectivity index (χ4v) is 2.01. The number of nitrogens with one attached hydrogen (secondary N) is 1. The monoisotopic (exact) mass is 365 g/mol. The van der Waals surface area contributed by atoms with Gasteiger partial charge in [-0.1, -0.05) is 6.92 Å². The van der Waals surface area contributed by atoms with Crippen LogP contribution in [0.1, 0.15) is 30.6 Å². The van der Waals surface area contributed by atoms with Crippen molar-refractivity contribution < 1.29 is 19.1 Å². The molecule has 0 spiro atoms. The van der Waals surface area contributed by atoms with E-state index < -0.39 is 23.2 Å². The van der Waals surface area contributed by atoms with Crippen molar-refractivity contribution in [2.45, 2.75) is 25.8 Å². The Labute approximate surface area is 118 Å². The van der Waals surface area contributed by atoms with Crippen LogP contribution in [0.25, 0.3) is 0 Å². The Hall–Kier alpha value is -1.18. The number of rotatable bonds is 4. The van der Waals surface area contributed by atoms with E-state index in [1.54, 1.807) is 6.92 Å². The van der Waals surface area contributed by atoms with E-state index in [4.69, 9.17) is 5.11 Å². The second kappa shape index (κ2) is 5.64. The van der Waals surface area contributed by atoms with E-state index in [0.29, 0.717) is 3.57 Å². The number of carbonyl (C=O) groups is 2. The molecule has 1 aromatic rings. The van der Waals surface area contributed by atoms with Crippen LogP contribution in [0.3, 0.4) is 0 Å². The average molecular weight is 365 g/mol. The van der Waals surface area contributed by atoms with Crippen LogP contribution in [0.2, 0.25) is 0 Å². The summed E-state index contributed by atoms with van der Waals surface area (Å²) in [6.07, 6.45) is 0.256. The van der Waals surface area contributed by atoms with Crippen molar-refractivity contribution in [1.82, 2.24) is 5.32 Å². The number of carboxylic acid groups (broad SMARTS) is 1. The van der Waals surface area contributed by atoms with Gasteiger partial charge in [0.2, 0.25) is 0 Å². The molecular weight excluding hydrogens is 352 g/mol. The molecule has 6 heteroatoms. The van der Waals surface area contributed by atoms with Crippen LogP contribution < -0.4 is 5.32 Å². The molecule has 1 aromatic carbocycles. The number of carbonyl (C=O) groups excluding carboxylic acids is 1. The second-order valence-corrected chi connectivity index (χ2v) is 5.23. The lowest BCUT2D eigenvalue weighted by Gasteiger charge is -2.24. The van der Waals surface area contributed by atoms with E-state index >= 15 is 0 Å². The molecule has 1 amide bonds. The number of carboxylic acids is 1. The largest absolute Gasteiger partial charge is 0.480 e. The van der Waals surface area contributed by atoms with Crippen molar-refractivity contribution in [2.24, 2.45) is 0 Å². The average Bonchev–Trinajstić information content (AvgIpc) is 2.28. The molecule has 18 heavy (non-hydrogen) atoms. The number of halogens is 2. The van der Waals surface area contributed by atoms with Crippen molar-refractivity contribution >= 4 is 34.5 Å². The molecule has 98 valence electrons. The quantitative estimate of drug-likeness (QED) is 0.806. The van der Waals surface area contributed by atoms with Crippen LogP contribution in [-0.2, 0) is 4.79 Å². The molecule has 0 aliphatic carbocycles. The van der Waals surface area contributed by atoms with Gasteiger partial charge in [0, 0.05) is 3.57 Å². The smallest absolute Gasteiger partial charge is 0.329 e. The molecule has 0 radical (unpaired) electrons. The van der Waals surface area contributed by atoms with Gasteiger partial charge >= 0.3 is 5.97 Å². The molecule has 2 N–H and O–H groups in total. The Morgan fingerprint density at radius 3 is 2.56 bits per heavy atom. The van der Waals surface area contributed by atoms with Crippen molar-refractivity contribution in [2.75, 3.05) is 0 Å². The highest BCUT2D eigenvalue weighted by Crippen LogP contribution is 2.16. The zero-order valence-electron chi connectivity index (χ0n) is 9.96. The predicted octanol–water partition coefficient (Wildman–Crippen LogP) is 2.41. The summed E-state index contributed by atoms with van der Waals surface area (Å²) in [5, 5.41) is 11.5. The zero-order valence-corrected chi connectivity index (χ0v) is 12.1. The fourth-order valence-electron chi connectivity index (χ4n) is 1.28. The third-order valence-electron chi connectivity index (χ3n) is 2.74. The van der Waals surface area contributed by atoms with Gasteiger partial charge in [0.1, 0.15) is 11.4 Å². The van der Waals surface area contributed by atoms with Crippen molar-refractivity contribution in [3.63, 3.8) is 0 Å². The number of benzene rings is 1. The van der Waals surface area contributed by atoms with Crippen molar-refractivity contribution in [3.8, 4) is 0 Å². The first kappa shape index (κ1) is 14.9. The van der Waals surface area contributed by atoms with Crippen LogP contribution in [0.15, 0.2) is 18.2 Å². The second-order valence-electron chi connectivity index (χ2n) is 4.07. The highest BCUT2D eigenvalue weighted by Gasteiger charge is 2.33. The molecule has 0 aliphatic heterocycles. The highest BCUT2D eigenvalue weighted by molar-refractivity contribution is 14.1. The lowest BCUT2D eigenvalue weighted by Crippen LogP contribution is -2.51. The summed E-state index contributed by atoms with van der Waals surface area (Å²) in [7, 11) is 0. The zero-order chi connectivity index (χ0) is 13.9. The predicted molar refractivity (Wildman–Crippen MR) is 72.9 cm³/mol. The molecule has 0 aliphatic rings. The Morgan fingerprint density at radius 1 is 1.50 bits per heavy atom. The Morgan fingerprint density at radius 2 is 2.11 bits per heavy atom. The minimum atomic E-state index is -1.32. The third kappa shape index (κ3) is 3.18. The van der Waals surface area contributed by atoms with Crippen LogP contribution in [0, 0.1) is 9.39 Å². The first-order valence-corrected chi connectivity index (χ1v) is 6.39. The van der Waals surface area contributed by atoms with E-state index in [-0.39, 0.29) is 12.0 Å². The third-order valence-corrected chi connectivity index (χ3v) is 3.64. The topological polar surface area (TPSA) is 66.4 Å². The van der Waals surface area contributed by atoms with Gasteiger partial charge in [-0.05, 0) is 54.1 Å². The normalized spacial score (nSPS) is 13.8. The fraction of sp³-hybridized carbons (Fsp3) is 0.333. The van der Waals surface area contributed by atoms with Crippen LogP contribution in [0.4, 0.5) is 4.39 Å². The summed E-state index contributed by atoms with van der Waals surface area (Å²) in [4.78, 5) is 23.0. The highest BCUT2D eigenvalue weighted by atomic mass is 127. The van der Waals surface area contributed by atoms with Crippen LogP contribution in [-0.4, -0.2) is 22.5 Å². The molecule has 0 saturated carbocycles. The Balaban J connectivity index is 2.98. The molecule has 0 aromatic heterocycles. The summed E-state index contributed by atoms with van der Waals surface area (Å²) in [5.41, 5.74) is -1.06. The Kier molecular flexibility index (Phi) is 4.66. The molecule has 4 nitrogen and oxygen atoms in total. The lowest BCUT2D eigenvalue weighted by molar-refractivity contribution is -0.143. The molecular formula is C12H13FINO3. The molecule has 1 unspecified atom stereocenters. The molecule has 0 heterocycles. The van der Waals surface area contributed by atoms with Crippen molar-refractivity contribution in [1.29, 1.82) is 0 Å². The number of hydrogen-bond acceptors (Lipinski definition) is 2. The number of aliphatic carboxylic acids is 1. The lowest BCUT2D eigenvalue weighted by atomic mass is 9.98. The summed E-state index contributed by atoms with van der Waals surface area (Å²) < 4.78 is 13.4. The van der Waals surface area contributed by atoms with E-state index in [2.05, 4.69) is 5.32 Å². The van der Waals surface area contributed by atoms with E-state index in [9.17, 15) is 14.0 Å². The van der Waals surface area contributed by atoms with Gasteiger partial charge in [0.15, 0.2) is 0 Å². The minimum Gasteiger partial charge on any atom is -0.480 e. The van der Waals surface area contributed by atoms with Gasteiger partial charge < -0.3 is 10.4 Å². The summed E-state index contributed by atoms with van der Waals surface area (Å²) in [6.45, 7) is 3.10. The van der Waals surface area contributed by atoms with Gasteiger partial charge in [0.25, 0.3) is 5.91 Å². The number of amides is 1. The molecule has 1 rings (SSSR count). The summed E-state index contributed by atoms with van der Waals surface area (Å²) in [6, 6.07) is 3.73. The van der Waals surface area contributed by atoms with E-state index in [0.717, 1.165) is 0 Å². The molecule has 0 saturated heterocycles. The maximum atomic E-state index is 12.9. The van der Waals surface area contributed by atoms with Gasteiger partial charge in [-0.15, -0.1) is 0 Å². The number of hydrogen-bond donors (Lipinski definition) is 2. The van der Waals surface area contributed by atoms with Gasteiger partial charge in [-0.3, -0.25) is 4.79 Å². The molecule has 1 atom stereocenters. The molecule has 0 bridgehead atoms. The van der Waals surface area contributed by atoms with E-state index in [1.807, 2.05) is 22.6 Å². The Bertz CT molecular complexity index is 492. The standard InChI is InChI=1S/C12H13FINO3/c1-3-12(2,11(17)18)15-10(16)8-5-4-7(13)6-9(8)14/h4-6H,3H2,1-2H3,(H,15,16)(H,17,18). The summed E-state index contributed by atoms with van der Waals surface area (Å²) >= 11 is 1.83. The minimum absolute atomic E-state index is 0.256. The van der Waals surface area contributed by atoms with Gasteiger partial charge in [-0.25, -0.2) is 9.18 Å². The maximum absolute atomic E-state index is 12.9. The SMILES string of the molecule is CCC(C)(NC(=O)c1ccc(F)cc1I)C(=O)O.